The van der Waals surface area contributed by atoms with Gasteiger partial charge in [0.2, 0.25) is 5.91 Å². The van der Waals surface area contributed by atoms with Crippen molar-refractivity contribution in [3.63, 3.8) is 0 Å². The lowest BCUT2D eigenvalue weighted by Gasteiger charge is -2.19. The van der Waals surface area contributed by atoms with Crippen LogP contribution in [0.4, 0.5) is 0 Å². The second-order valence-corrected chi connectivity index (χ2v) is 4.94. The molecule has 0 bridgehead atoms. The van der Waals surface area contributed by atoms with Crippen LogP contribution in [0.25, 0.3) is 0 Å². The fourth-order valence-electron chi connectivity index (χ4n) is 1.98. The smallest absolute Gasteiger partial charge is 0.236 e. The van der Waals surface area contributed by atoms with Gasteiger partial charge in [-0.15, -0.1) is 0 Å². The molecule has 1 aromatic carbocycles. The van der Waals surface area contributed by atoms with Crippen molar-refractivity contribution in [1.82, 2.24) is 10.6 Å². The predicted molar refractivity (Wildman–Crippen MR) is 78.8 cm³/mol. The molecular weight excluding hydrogens is 256 g/mol. The molecule has 0 aliphatic heterocycles. The summed E-state index contributed by atoms with van der Waals surface area (Å²) in [4.78, 5) is 11.8. The van der Waals surface area contributed by atoms with Gasteiger partial charge in [-0.05, 0) is 38.0 Å². The van der Waals surface area contributed by atoms with E-state index in [0.29, 0.717) is 13.2 Å². The van der Waals surface area contributed by atoms with Gasteiger partial charge < -0.3 is 20.5 Å². The predicted octanol–water partition coefficient (Wildman–Crippen LogP) is 1.06. The minimum Gasteiger partial charge on any atom is -0.508 e. The number of carbonyl (C=O) groups excluding carboxylic acids is 1. The van der Waals surface area contributed by atoms with Gasteiger partial charge in [0, 0.05) is 19.7 Å². The van der Waals surface area contributed by atoms with E-state index in [1.807, 2.05) is 26.0 Å². The number of aromatic hydroxyl groups is 1. The molecule has 0 aromatic heterocycles. The fraction of sp³-hybridized carbons (Fsp3) is 0.533. The van der Waals surface area contributed by atoms with Crippen molar-refractivity contribution >= 4 is 5.91 Å². The van der Waals surface area contributed by atoms with Crippen LogP contribution in [0.5, 0.6) is 5.75 Å². The standard InChI is InChI=1S/C15H24N2O3/c1-11(10-13-4-6-14(18)7-5-13)17-12(2)15(19)16-8-9-20-3/h4-7,11-12,17-18H,8-10H2,1-3H3,(H,16,19). The highest BCUT2D eigenvalue weighted by atomic mass is 16.5. The Bertz CT molecular complexity index is 406. The molecule has 2 unspecified atom stereocenters. The Labute approximate surface area is 120 Å². The van der Waals surface area contributed by atoms with E-state index >= 15 is 0 Å². The van der Waals surface area contributed by atoms with Crippen LogP contribution in [0.1, 0.15) is 19.4 Å². The monoisotopic (exact) mass is 280 g/mol. The van der Waals surface area contributed by atoms with Gasteiger partial charge >= 0.3 is 0 Å². The summed E-state index contributed by atoms with van der Waals surface area (Å²) in [6.45, 7) is 4.91. The molecule has 1 amide bonds. The quantitative estimate of drug-likeness (QED) is 0.623. The van der Waals surface area contributed by atoms with Crippen LogP contribution < -0.4 is 10.6 Å². The molecule has 0 heterocycles. The SMILES string of the molecule is COCCNC(=O)C(C)NC(C)Cc1ccc(O)cc1. The Morgan fingerprint density at radius 1 is 1.30 bits per heavy atom. The zero-order valence-electron chi connectivity index (χ0n) is 12.3. The molecule has 3 N–H and O–H groups in total. The second kappa shape index (κ2) is 8.55. The number of hydrogen-bond donors (Lipinski definition) is 3. The molecule has 5 heteroatoms. The molecule has 20 heavy (non-hydrogen) atoms. The highest BCUT2D eigenvalue weighted by Crippen LogP contribution is 2.11. The number of phenols is 1. The third kappa shape index (κ3) is 6.04. The van der Waals surface area contributed by atoms with Crippen molar-refractivity contribution in [2.45, 2.75) is 32.4 Å². The molecule has 5 nitrogen and oxygen atoms in total. The Balaban J connectivity index is 2.35. The van der Waals surface area contributed by atoms with E-state index in [2.05, 4.69) is 10.6 Å². The normalized spacial score (nSPS) is 13.8. The van der Waals surface area contributed by atoms with Gasteiger partial charge in [-0.3, -0.25) is 4.79 Å². The van der Waals surface area contributed by atoms with E-state index in [1.165, 1.54) is 0 Å². The van der Waals surface area contributed by atoms with E-state index in [4.69, 9.17) is 4.74 Å². The minimum atomic E-state index is -0.251. The third-order valence-electron chi connectivity index (χ3n) is 3.01. The Morgan fingerprint density at radius 2 is 1.95 bits per heavy atom. The topological polar surface area (TPSA) is 70.6 Å². The Morgan fingerprint density at radius 3 is 2.55 bits per heavy atom. The second-order valence-electron chi connectivity index (χ2n) is 4.94. The maximum Gasteiger partial charge on any atom is 0.236 e. The number of nitrogens with one attached hydrogen (secondary N) is 2. The molecule has 2 atom stereocenters. The summed E-state index contributed by atoms with van der Waals surface area (Å²) in [7, 11) is 1.60. The van der Waals surface area contributed by atoms with Gasteiger partial charge in [0.1, 0.15) is 5.75 Å². The molecule has 1 rings (SSSR count). The molecule has 0 spiro atoms. The van der Waals surface area contributed by atoms with Gasteiger partial charge in [-0.2, -0.15) is 0 Å². The van der Waals surface area contributed by atoms with Crippen LogP contribution in [0.2, 0.25) is 0 Å². The van der Waals surface area contributed by atoms with Crippen LogP contribution in [-0.2, 0) is 16.0 Å². The molecule has 112 valence electrons. The maximum absolute atomic E-state index is 11.8. The molecule has 0 fully saturated rings. The van der Waals surface area contributed by atoms with Gasteiger partial charge in [-0.1, -0.05) is 12.1 Å². The third-order valence-corrected chi connectivity index (χ3v) is 3.01. The van der Waals surface area contributed by atoms with Gasteiger partial charge in [-0.25, -0.2) is 0 Å². The molecule has 0 saturated heterocycles. The first-order valence-corrected chi connectivity index (χ1v) is 6.83. The summed E-state index contributed by atoms with van der Waals surface area (Å²) < 4.78 is 4.89. The summed E-state index contributed by atoms with van der Waals surface area (Å²) >= 11 is 0. The molecule has 0 radical (unpaired) electrons. The first-order valence-electron chi connectivity index (χ1n) is 6.83. The van der Waals surface area contributed by atoms with Crippen LogP contribution in [0, 0.1) is 0 Å². The summed E-state index contributed by atoms with van der Waals surface area (Å²) in [6.07, 6.45) is 0.802. The summed E-state index contributed by atoms with van der Waals surface area (Å²) in [5, 5.41) is 15.3. The average Bonchev–Trinajstić information content (AvgIpc) is 2.41. The van der Waals surface area contributed by atoms with Crippen molar-refractivity contribution in [3.05, 3.63) is 29.8 Å². The number of ether oxygens (including phenoxy) is 1. The van der Waals surface area contributed by atoms with Crippen molar-refractivity contribution in [2.24, 2.45) is 0 Å². The summed E-state index contributed by atoms with van der Waals surface area (Å²) in [5.41, 5.74) is 1.12. The van der Waals surface area contributed by atoms with E-state index in [9.17, 15) is 9.90 Å². The Hall–Kier alpha value is -1.59. The van der Waals surface area contributed by atoms with Crippen LogP contribution in [0.3, 0.4) is 0 Å². The van der Waals surface area contributed by atoms with Gasteiger partial charge in [0.25, 0.3) is 0 Å². The van der Waals surface area contributed by atoms with Gasteiger partial charge in [0.05, 0.1) is 12.6 Å². The number of amides is 1. The zero-order valence-corrected chi connectivity index (χ0v) is 12.3. The highest BCUT2D eigenvalue weighted by molar-refractivity contribution is 5.81. The van der Waals surface area contributed by atoms with Crippen LogP contribution >= 0.6 is 0 Å². The van der Waals surface area contributed by atoms with E-state index in [0.717, 1.165) is 12.0 Å². The number of benzene rings is 1. The first-order chi connectivity index (χ1) is 9.52. The van der Waals surface area contributed by atoms with Gasteiger partial charge in [0.15, 0.2) is 0 Å². The Kier molecular flexibility index (Phi) is 7.04. The van der Waals surface area contributed by atoms with Crippen molar-refractivity contribution in [2.75, 3.05) is 20.3 Å². The van der Waals surface area contributed by atoms with Crippen molar-refractivity contribution < 1.29 is 14.6 Å². The first kappa shape index (κ1) is 16.5. The molecule has 0 aliphatic carbocycles. The number of methoxy groups -OCH3 is 1. The van der Waals surface area contributed by atoms with Crippen LogP contribution in [0.15, 0.2) is 24.3 Å². The minimum absolute atomic E-state index is 0.0281. The molecule has 1 aromatic rings. The summed E-state index contributed by atoms with van der Waals surface area (Å²) in [5.74, 6) is 0.236. The van der Waals surface area contributed by atoms with E-state index in [-0.39, 0.29) is 23.7 Å². The van der Waals surface area contributed by atoms with E-state index < -0.39 is 0 Å². The van der Waals surface area contributed by atoms with E-state index in [1.54, 1.807) is 19.2 Å². The maximum atomic E-state index is 11.8. The number of carbonyl (C=O) groups is 1. The lowest BCUT2D eigenvalue weighted by molar-refractivity contribution is -0.123. The van der Waals surface area contributed by atoms with Crippen LogP contribution in [-0.4, -0.2) is 43.4 Å². The van der Waals surface area contributed by atoms with Crippen molar-refractivity contribution in [3.8, 4) is 5.75 Å². The fourth-order valence-corrected chi connectivity index (χ4v) is 1.98. The molecular formula is C15H24N2O3. The summed E-state index contributed by atoms with van der Waals surface area (Å²) in [6, 6.07) is 7.03. The molecule has 0 aliphatic rings. The highest BCUT2D eigenvalue weighted by Gasteiger charge is 2.14. The number of hydrogen-bond acceptors (Lipinski definition) is 4. The number of rotatable bonds is 8. The average molecular weight is 280 g/mol. The lowest BCUT2D eigenvalue weighted by atomic mass is 10.1. The number of phenolic OH excluding ortho intramolecular Hbond substituents is 1. The lowest BCUT2D eigenvalue weighted by Crippen LogP contribution is -2.47. The molecule has 0 saturated carbocycles. The largest absolute Gasteiger partial charge is 0.508 e. The van der Waals surface area contributed by atoms with Crippen molar-refractivity contribution in [1.29, 1.82) is 0 Å². The zero-order chi connectivity index (χ0) is 15.0.